The molecule has 3 fully saturated rings. The van der Waals surface area contributed by atoms with Crippen LogP contribution in [0.15, 0.2) is 0 Å². The SMILES string of the molecule is OC[C@@]12C[C@H](F)CN1C[C@]1(CC1(F)F)C2. The van der Waals surface area contributed by atoms with Gasteiger partial charge in [0.15, 0.2) is 0 Å². The fourth-order valence-electron chi connectivity index (χ4n) is 3.47. The van der Waals surface area contributed by atoms with Crippen molar-refractivity contribution >= 4 is 0 Å². The molecular weight excluding hydrogens is 207 g/mol. The third kappa shape index (κ3) is 1.08. The highest BCUT2D eigenvalue weighted by molar-refractivity contribution is 5.22. The summed E-state index contributed by atoms with van der Waals surface area (Å²) in [4.78, 5) is 1.73. The minimum atomic E-state index is -2.59. The Morgan fingerprint density at radius 1 is 1.33 bits per heavy atom. The molecule has 1 saturated carbocycles. The van der Waals surface area contributed by atoms with Crippen LogP contribution in [-0.4, -0.2) is 47.3 Å². The van der Waals surface area contributed by atoms with E-state index in [1.54, 1.807) is 4.90 Å². The van der Waals surface area contributed by atoms with Crippen molar-refractivity contribution in [2.45, 2.75) is 36.9 Å². The second-order valence-corrected chi connectivity index (χ2v) is 5.40. The van der Waals surface area contributed by atoms with Crippen molar-refractivity contribution in [1.29, 1.82) is 0 Å². The molecule has 3 rings (SSSR count). The molecule has 1 N–H and O–H groups in total. The first-order valence-corrected chi connectivity index (χ1v) is 5.31. The van der Waals surface area contributed by atoms with E-state index in [0.29, 0.717) is 0 Å². The van der Waals surface area contributed by atoms with Crippen LogP contribution in [0.2, 0.25) is 0 Å². The average Bonchev–Trinajstić information content (AvgIpc) is 2.38. The van der Waals surface area contributed by atoms with Crippen LogP contribution in [0.1, 0.15) is 19.3 Å². The summed E-state index contributed by atoms with van der Waals surface area (Å²) in [5.41, 5.74) is -1.64. The number of alkyl halides is 3. The van der Waals surface area contributed by atoms with Gasteiger partial charge in [-0.05, 0) is 6.42 Å². The van der Waals surface area contributed by atoms with E-state index < -0.39 is 23.0 Å². The smallest absolute Gasteiger partial charge is 0.255 e. The molecule has 2 nitrogen and oxygen atoms in total. The third-order valence-electron chi connectivity index (χ3n) is 4.36. The Balaban J connectivity index is 1.86. The van der Waals surface area contributed by atoms with Crippen LogP contribution in [0, 0.1) is 5.41 Å². The zero-order valence-electron chi connectivity index (χ0n) is 8.35. The Morgan fingerprint density at radius 3 is 2.47 bits per heavy atom. The average molecular weight is 221 g/mol. The van der Waals surface area contributed by atoms with Crippen molar-refractivity contribution in [3.05, 3.63) is 0 Å². The summed E-state index contributed by atoms with van der Waals surface area (Å²) in [7, 11) is 0. The number of fused-ring (bicyclic) bond motifs is 1. The van der Waals surface area contributed by atoms with Crippen LogP contribution >= 0.6 is 0 Å². The quantitative estimate of drug-likeness (QED) is 0.719. The third-order valence-corrected chi connectivity index (χ3v) is 4.36. The molecule has 1 spiro atoms. The topological polar surface area (TPSA) is 23.5 Å². The van der Waals surface area contributed by atoms with Gasteiger partial charge in [0.1, 0.15) is 6.17 Å². The largest absolute Gasteiger partial charge is 0.394 e. The van der Waals surface area contributed by atoms with Crippen molar-refractivity contribution in [2.75, 3.05) is 19.7 Å². The highest BCUT2D eigenvalue weighted by Gasteiger charge is 2.77. The van der Waals surface area contributed by atoms with Gasteiger partial charge in [-0.2, -0.15) is 0 Å². The zero-order valence-corrected chi connectivity index (χ0v) is 8.35. The number of halogens is 3. The molecule has 15 heavy (non-hydrogen) atoms. The number of nitrogens with zero attached hydrogens (tertiary/aromatic N) is 1. The molecule has 86 valence electrons. The molecule has 1 aliphatic carbocycles. The molecular formula is C10H14F3NO. The van der Waals surface area contributed by atoms with Gasteiger partial charge in [-0.25, -0.2) is 13.2 Å². The Bertz CT molecular complexity index is 311. The number of aliphatic hydroxyl groups excluding tert-OH is 1. The van der Waals surface area contributed by atoms with E-state index >= 15 is 0 Å². The van der Waals surface area contributed by atoms with Crippen LogP contribution in [0.25, 0.3) is 0 Å². The maximum absolute atomic E-state index is 13.2. The lowest BCUT2D eigenvalue weighted by molar-refractivity contribution is 0.0630. The van der Waals surface area contributed by atoms with Crippen molar-refractivity contribution in [1.82, 2.24) is 4.90 Å². The zero-order chi connectivity index (χ0) is 10.9. The molecule has 0 unspecified atom stereocenters. The molecule has 0 radical (unpaired) electrons. The molecule has 0 bridgehead atoms. The molecule has 2 aliphatic heterocycles. The summed E-state index contributed by atoms with van der Waals surface area (Å²) in [6.45, 7) is 0.255. The molecule has 3 atom stereocenters. The monoisotopic (exact) mass is 221 g/mol. The van der Waals surface area contributed by atoms with Gasteiger partial charge in [0.2, 0.25) is 0 Å². The van der Waals surface area contributed by atoms with E-state index in [0.717, 1.165) is 0 Å². The summed E-state index contributed by atoms with van der Waals surface area (Å²) < 4.78 is 39.6. The molecule has 0 aromatic heterocycles. The summed E-state index contributed by atoms with van der Waals surface area (Å²) in [5.74, 6) is -2.59. The highest BCUT2D eigenvalue weighted by atomic mass is 19.3. The molecule has 2 saturated heterocycles. The van der Waals surface area contributed by atoms with Crippen LogP contribution < -0.4 is 0 Å². The number of hydrogen-bond acceptors (Lipinski definition) is 2. The normalized spacial score (nSPS) is 52.4. The van der Waals surface area contributed by atoms with E-state index in [-0.39, 0.29) is 39.0 Å². The number of aliphatic hydroxyl groups is 1. The first-order valence-electron chi connectivity index (χ1n) is 5.31. The number of rotatable bonds is 1. The molecule has 0 aromatic carbocycles. The van der Waals surface area contributed by atoms with Crippen LogP contribution in [0.4, 0.5) is 13.2 Å². The summed E-state index contributed by atoms with van der Waals surface area (Å²) in [5, 5.41) is 9.32. The van der Waals surface area contributed by atoms with E-state index in [9.17, 15) is 18.3 Å². The lowest BCUT2D eigenvalue weighted by Crippen LogP contribution is -2.41. The molecule has 5 heteroatoms. The van der Waals surface area contributed by atoms with Gasteiger partial charge in [0.25, 0.3) is 5.92 Å². The minimum absolute atomic E-state index is 0.0881. The fraction of sp³-hybridized carbons (Fsp3) is 1.00. The second kappa shape index (κ2) is 2.51. The predicted molar refractivity (Wildman–Crippen MR) is 47.5 cm³/mol. The fourth-order valence-corrected chi connectivity index (χ4v) is 3.47. The van der Waals surface area contributed by atoms with E-state index in [1.165, 1.54) is 0 Å². The summed E-state index contributed by atoms with van der Waals surface area (Å²) >= 11 is 0. The lowest BCUT2D eigenvalue weighted by Gasteiger charge is -2.28. The Kier molecular flexibility index (Phi) is 1.66. The van der Waals surface area contributed by atoms with Crippen molar-refractivity contribution < 1.29 is 18.3 Å². The summed E-state index contributed by atoms with van der Waals surface area (Å²) in [6.07, 6.45) is -0.595. The lowest BCUT2D eigenvalue weighted by atomic mass is 9.88. The maximum atomic E-state index is 13.2. The second-order valence-electron chi connectivity index (χ2n) is 5.40. The molecule has 3 aliphatic rings. The Labute approximate surface area is 86.1 Å². The van der Waals surface area contributed by atoms with Crippen molar-refractivity contribution in [3.8, 4) is 0 Å². The van der Waals surface area contributed by atoms with Gasteiger partial charge < -0.3 is 5.11 Å². The number of hydrogen-bond donors (Lipinski definition) is 1. The van der Waals surface area contributed by atoms with E-state index in [4.69, 9.17) is 0 Å². The Morgan fingerprint density at radius 2 is 2.00 bits per heavy atom. The first kappa shape index (κ1) is 9.90. The van der Waals surface area contributed by atoms with E-state index in [1.807, 2.05) is 0 Å². The minimum Gasteiger partial charge on any atom is -0.394 e. The van der Waals surface area contributed by atoms with Gasteiger partial charge in [-0.3, -0.25) is 4.90 Å². The standard InChI is InChI=1S/C10H14F3NO/c11-7-1-9(6-15)3-8(4-10(8,12)13)5-14(9)2-7/h7,15H,1-6H2/t7-,8+,9-/m0/s1. The van der Waals surface area contributed by atoms with Gasteiger partial charge in [0, 0.05) is 31.5 Å². The van der Waals surface area contributed by atoms with Gasteiger partial charge in [0.05, 0.1) is 12.0 Å². The molecule has 0 amide bonds. The van der Waals surface area contributed by atoms with Crippen LogP contribution in [0.3, 0.4) is 0 Å². The van der Waals surface area contributed by atoms with Gasteiger partial charge in [-0.1, -0.05) is 0 Å². The van der Waals surface area contributed by atoms with Crippen LogP contribution in [0.5, 0.6) is 0 Å². The molecule has 2 heterocycles. The maximum Gasteiger partial charge on any atom is 0.255 e. The van der Waals surface area contributed by atoms with Crippen molar-refractivity contribution in [3.63, 3.8) is 0 Å². The first-order chi connectivity index (χ1) is 6.93. The van der Waals surface area contributed by atoms with Gasteiger partial charge >= 0.3 is 0 Å². The van der Waals surface area contributed by atoms with Crippen molar-refractivity contribution in [2.24, 2.45) is 5.41 Å². The Hall–Kier alpha value is -0.290. The summed E-state index contributed by atoms with van der Waals surface area (Å²) in [6, 6.07) is 0. The highest BCUT2D eigenvalue weighted by Crippen LogP contribution is 2.69. The van der Waals surface area contributed by atoms with E-state index in [2.05, 4.69) is 0 Å². The van der Waals surface area contributed by atoms with Crippen LogP contribution in [-0.2, 0) is 0 Å². The molecule has 0 aromatic rings. The predicted octanol–water partition coefficient (Wildman–Crippen LogP) is 1.19. The van der Waals surface area contributed by atoms with Gasteiger partial charge in [-0.15, -0.1) is 0 Å².